The smallest absolute Gasteiger partial charge is 0.276 e. The number of H-pyrrole nitrogens is 1. The highest BCUT2D eigenvalue weighted by Gasteiger charge is 2.21. The van der Waals surface area contributed by atoms with Crippen molar-refractivity contribution in [2.75, 3.05) is 18.4 Å². The number of carbonyl (C=O) groups is 1. The Morgan fingerprint density at radius 3 is 2.69 bits per heavy atom. The molecule has 1 aliphatic rings. The first kappa shape index (κ1) is 20.4. The van der Waals surface area contributed by atoms with Gasteiger partial charge in [-0.2, -0.15) is 5.10 Å². The summed E-state index contributed by atoms with van der Waals surface area (Å²) in [6.45, 7) is 3.75. The number of aromatic nitrogens is 2. The Morgan fingerprint density at radius 2 is 2.00 bits per heavy atom. The average Bonchev–Trinajstić information content (AvgIpc) is 3.05. The van der Waals surface area contributed by atoms with Gasteiger partial charge in [0.25, 0.3) is 5.91 Å². The minimum absolute atomic E-state index is 0. The van der Waals surface area contributed by atoms with Gasteiger partial charge in [-0.25, -0.2) is 13.1 Å². The van der Waals surface area contributed by atoms with Crippen LogP contribution in [0.25, 0.3) is 0 Å². The van der Waals surface area contributed by atoms with Crippen LogP contribution >= 0.6 is 12.4 Å². The first-order valence-corrected chi connectivity index (χ1v) is 9.67. The summed E-state index contributed by atoms with van der Waals surface area (Å²) in [4.78, 5) is 12.6. The third-order valence-electron chi connectivity index (χ3n) is 3.99. The topological polar surface area (TPSA) is 116 Å². The molecule has 0 saturated carbocycles. The maximum Gasteiger partial charge on any atom is 0.276 e. The number of nitrogens with zero attached hydrogens (tertiary/aromatic N) is 1. The van der Waals surface area contributed by atoms with E-state index in [1.54, 1.807) is 12.1 Å². The maximum atomic E-state index is 12.4. The molecular weight excluding hydrogens is 378 g/mol. The van der Waals surface area contributed by atoms with Crippen LogP contribution in [0.5, 0.6) is 0 Å². The lowest BCUT2D eigenvalue weighted by Crippen LogP contribution is -2.25. The number of fused-ring (bicyclic) bond motifs is 1. The van der Waals surface area contributed by atoms with Crippen molar-refractivity contribution in [1.29, 1.82) is 0 Å². The third-order valence-corrected chi connectivity index (χ3v) is 5.46. The Labute approximate surface area is 158 Å². The summed E-state index contributed by atoms with van der Waals surface area (Å²) >= 11 is 0. The van der Waals surface area contributed by atoms with Gasteiger partial charge in [0.2, 0.25) is 10.0 Å². The van der Waals surface area contributed by atoms with Crippen molar-refractivity contribution in [2.24, 2.45) is 0 Å². The predicted octanol–water partition coefficient (Wildman–Crippen LogP) is 1.42. The first-order valence-electron chi connectivity index (χ1n) is 8.19. The van der Waals surface area contributed by atoms with Gasteiger partial charge in [0.05, 0.1) is 4.90 Å². The van der Waals surface area contributed by atoms with E-state index in [4.69, 9.17) is 0 Å². The maximum absolute atomic E-state index is 12.4. The van der Waals surface area contributed by atoms with Crippen LogP contribution in [0.15, 0.2) is 29.2 Å². The molecule has 0 unspecified atom stereocenters. The number of nitrogens with one attached hydrogen (secondary N) is 4. The molecule has 26 heavy (non-hydrogen) atoms. The highest BCUT2D eigenvalue weighted by molar-refractivity contribution is 7.89. The Morgan fingerprint density at radius 1 is 1.27 bits per heavy atom. The summed E-state index contributed by atoms with van der Waals surface area (Å²) in [6, 6.07) is 6.07. The number of benzene rings is 1. The van der Waals surface area contributed by atoms with E-state index in [0.29, 0.717) is 24.5 Å². The van der Waals surface area contributed by atoms with Gasteiger partial charge >= 0.3 is 0 Å². The zero-order valence-corrected chi connectivity index (χ0v) is 16.0. The van der Waals surface area contributed by atoms with Gasteiger partial charge in [0.1, 0.15) is 0 Å². The van der Waals surface area contributed by atoms with Crippen LogP contribution < -0.4 is 15.4 Å². The molecule has 2 aromatic rings. The van der Waals surface area contributed by atoms with Gasteiger partial charge in [-0.15, -0.1) is 12.4 Å². The number of hydrogen-bond acceptors (Lipinski definition) is 5. The second kappa shape index (κ2) is 8.63. The van der Waals surface area contributed by atoms with E-state index in [1.807, 2.05) is 6.92 Å². The molecule has 0 radical (unpaired) electrons. The zero-order valence-electron chi connectivity index (χ0n) is 14.3. The molecule has 8 nitrogen and oxygen atoms in total. The molecular formula is C16H22ClN5O3S. The van der Waals surface area contributed by atoms with Crippen LogP contribution in [0.2, 0.25) is 0 Å². The Hall–Kier alpha value is -1.94. The summed E-state index contributed by atoms with van der Waals surface area (Å²) in [5.41, 5.74) is 2.74. The summed E-state index contributed by atoms with van der Waals surface area (Å²) < 4.78 is 26.6. The summed E-state index contributed by atoms with van der Waals surface area (Å²) in [7, 11) is -3.51. The van der Waals surface area contributed by atoms with E-state index >= 15 is 0 Å². The lowest BCUT2D eigenvalue weighted by Gasteiger charge is -2.13. The lowest BCUT2D eigenvalue weighted by molar-refractivity contribution is 0.102. The van der Waals surface area contributed by atoms with Crippen LogP contribution in [-0.4, -0.2) is 37.6 Å². The van der Waals surface area contributed by atoms with E-state index in [1.165, 1.54) is 12.1 Å². The van der Waals surface area contributed by atoms with E-state index in [9.17, 15) is 13.2 Å². The van der Waals surface area contributed by atoms with Crippen molar-refractivity contribution >= 4 is 34.0 Å². The molecule has 1 aromatic heterocycles. The van der Waals surface area contributed by atoms with E-state index < -0.39 is 10.0 Å². The molecule has 0 spiro atoms. The number of halogens is 1. The van der Waals surface area contributed by atoms with Crippen LogP contribution in [0, 0.1) is 0 Å². The van der Waals surface area contributed by atoms with Gasteiger partial charge in [-0.1, -0.05) is 6.92 Å². The molecule has 1 amide bonds. The molecule has 2 heterocycles. The SMILES string of the molecule is CCCNS(=O)(=O)c1ccc(NC(=O)c2n[nH]c3c2CNCC3)cc1.Cl. The predicted molar refractivity (Wildman–Crippen MR) is 101 cm³/mol. The van der Waals surface area contributed by atoms with Crippen LogP contribution in [0.1, 0.15) is 35.1 Å². The lowest BCUT2D eigenvalue weighted by atomic mass is 10.1. The monoisotopic (exact) mass is 399 g/mol. The Bertz CT molecular complexity index is 865. The normalized spacial score (nSPS) is 13.6. The van der Waals surface area contributed by atoms with Crippen molar-refractivity contribution in [3.63, 3.8) is 0 Å². The standard InChI is InChI=1S/C16H21N5O3S.ClH/c1-2-8-18-25(23,24)12-5-3-11(4-6-12)19-16(22)15-13-10-17-9-7-14(13)20-21-15;/h3-6,17-18H,2,7-10H2,1H3,(H,19,22)(H,20,21);1H. The fourth-order valence-corrected chi connectivity index (χ4v) is 3.77. The van der Waals surface area contributed by atoms with Crippen molar-refractivity contribution in [3.05, 3.63) is 41.2 Å². The number of amides is 1. The van der Waals surface area contributed by atoms with Crippen LogP contribution in [0.4, 0.5) is 5.69 Å². The van der Waals surface area contributed by atoms with Crippen molar-refractivity contribution in [3.8, 4) is 0 Å². The third kappa shape index (κ3) is 4.42. The van der Waals surface area contributed by atoms with Gasteiger partial charge in [-0.3, -0.25) is 9.89 Å². The van der Waals surface area contributed by atoms with E-state index in [0.717, 1.165) is 30.6 Å². The second-order valence-corrected chi connectivity index (χ2v) is 7.60. The molecule has 1 aliphatic heterocycles. The number of hydrogen-bond donors (Lipinski definition) is 4. The number of aromatic amines is 1. The summed E-state index contributed by atoms with van der Waals surface area (Å²) in [5.74, 6) is -0.319. The number of carbonyl (C=O) groups excluding carboxylic acids is 1. The highest BCUT2D eigenvalue weighted by Crippen LogP contribution is 2.18. The summed E-state index contributed by atoms with van der Waals surface area (Å²) in [5, 5.41) is 13.0. The molecule has 4 N–H and O–H groups in total. The molecule has 10 heteroatoms. The average molecular weight is 400 g/mol. The van der Waals surface area contributed by atoms with Gasteiger partial charge in [0, 0.05) is 43.0 Å². The Balaban J connectivity index is 0.00000243. The van der Waals surface area contributed by atoms with Gasteiger partial charge in [0.15, 0.2) is 5.69 Å². The van der Waals surface area contributed by atoms with Crippen LogP contribution in [0.3, 0.4) is 0 Å². The van der Waals surface area contributed by atoms with E-state index in [2.05, 4.69) is 25.6 Å². The highest BCUT2D eigenvalue weighted by atomic mass is 35.5. The largest absolute Gasteiger partial charge is 0.321 e. The second-order valence-electron chi connectivity index (χ2n) is 5.83. The van der Waals surface area contributed by atoms with Crippen molar-refractivity contribution in [2.45, 2.75) is 31.2 Å². The molecule has 0 bridgehead atoms. The molecule has 3 rings (SSSR count). The fourth-order valence-electron chi connectivity index (χ4n) is 2.64. The fraction of sp³-hybridized carbons (Fsp3) is 0.375. The molecule has 142 valence electrons. The zero-order chi connectivity index (χ0) is 17.9. The molecule has 1 aromatic carbocycles. The van der Waals surface area contributed by atoms with Crippen molar-refractivity contribution < 1.29 is 13.2 Å². The van der Waals surface area contributed by atoms with Gasteiger partial charge in [-0.05, 0) is 30.7 Å². The molecule has 0 fully saturated rings. The number of sulfonamides is 1. The minimum atomic E-state index is -3.51. The van der Waals surface area contributed by atoms with Crippen molar-refractivity contribution in [1.82, 2.24) is 20.2 Å². The number of anilines is 1. The summed E-state index contributed by atoms with van der Waals surface area (Å²) in [6.07, 6.45) is 1.53. The Kier molecular flexibility index (Phi) is 6.76. The molecule has 0 atom stereocenters. The number of rotatable bonds is 6. The van der Waals surface area contributed by atoms with E-state index in [-0.39, 0.29) is 23.2 Å². The molecule has 0 aliphatic carbocycles. The van der Waals surface area contributed by atoms with Crippen LogP contribution in [-0.2, 0) is 23.0 Å². The quantitative estimate of drug-likeness (QED) is 0.586. The first-order chi connectivity index (χ1) is 12.0. The van der Waals surface area contributed by atoms with Gasteiger partial charge < -0.3 is 10.6 Å². The minimum Gasteiger partial charge on any atom is -0.321 e. The molecule has 0 saturated heterocycles.